The van der Waals surface area contributed by atoms with E-state index in [0.717, 1.165) is 10.5 Å². The van der Waals surface area contributed by atoms with E-state index in [0.29, 0.717) is 12.5 Å². The quantitative estimate of drug-likeness (QED) is 0.444. The maximum atomic E-state index is 12.6. The third-order valence-electron chi connectivity index (χ3n) is 4.66. The van der Waals surface area contributed by atoms with Gasteiger partial charge in [0.25, 0.3) is 17.5 Å². The number of hydrogen-bond acceptors (Lipinski definition) is 5. The van der Waals surface area contributed by atoms with Gasteiger partial charge < -0.3 is 0 Å². The van der Waals surface area contributed by atoms with Gasteiger partial charge in [-0.1, -0.05) is 44.2 Å². The van der Waals surface area contributed by atoms with Crippen LogP contribution in [0.5, 0.6) is 0 Å². The minimum absolute atomic E-state index is 0.0649. The van der Waals surface area contributed by atoms with Gasteiger partial charge in [0, 0.05) is 12.6 Å². The highest BCUT2D eigenvalue weighted by atomic mass is 16.6. The van der Waals surface area contributed by atoms with Gasteiger partial charge in [-0.3, -0.25) is 29.5 Å². The summed E-state index contributed by atoms with van der Waals surface area (Å²) >= 11 is 0. The molecule has 0 radical (unpaired) electrons. The van der Waals surface area contributed by atoms with Crippen molar-refractivity contribution >= 4 is 17.5 Å². The molecule has 0 N–H and O–H groups in total. The molecule has 0 bridgehead atoms. The number of imide groups is 1. The van der Waals surface area contributed by atoms with Gasteiger partial charge in [0.05, 0.1) is 17.2 Å². The lowest BCUT2D eigenvalue weighted by molar-refractivity contribution is -0.385. The molecule has 0 fully saturated rings. The van der Waals surface area contributed by atoms with Crippen LogP contribution in [0.2, 0.25) is 0 Å². The molecule has 1 heterocycles. The highest BCUT2D eigenvalue weighted by molar-refractivity contribution is 6.23. The number of carbonyl (C=O) groups excluding carboxylic acids is 2. The van der Waals surface area contributed by atoms with Crippen LogP contribution in [0.25, 0.3) is 0 Å². The summed E-state index contributed by atoms with van der Waals surface area (Å²) in [6.07, 6.45) is 0. The predicted octanol–water partition coefficient (Wildman–Crippen LogP) is 3.40. The molecule has 0 atom stereocenters. The number of carbonyl (C=O) groups is 2. The number of nitrogens with zero attached hydrogens (tertiary/aromatic N) is 3. The van der Waals surface area contributed by atoms with E-state index in [9.17, 15) is 19.7 Å². The lowest BCUT2D eigenvalue weighted by Crippen LogP contribution is -2.39. The number of nitro benzene ring substituents is 1. The Morgan fingerprint density at radius 3 is 2.33 bits per heavy atom. The van der Waals surface area contributed by atoms with Crippen molar-refractivity contribution in [2.75, 3.05) is 13.7 Å². The largest absolute Gasteiger partial charge is 0.284 e. The summed E-state index contributed by atoms with van der Waals surface area (Å²) in [6.45, 7) is 4.87. The van der Waals surface area contributed by atoms with E-state index >= 15 is 0 Å². The van der Waals surface area contributed by atoms with Gasteiger partial charge >= 0.3 is 0 Å². The molecule has 1 aliphatic heterocycles. The van der Waals surface area contributed by atoms with Gasteiger partial charge in [-0.05, 0) is 30.2 Å². The third kappa shape index (κ3) is 3.59. The van der Waals surface area contributed by atoms with Crippen molar-refractivity contribution in [3.05, 3.63) is 74.8 Å². The fourth-order valence-corrected chi connectivity index (χ4v) is 3.21. The van der Waals surface area contributed by atoms with Crippen molar-refractivity contribution in [1.82, 2.24) is 9.80 Å². The molecule has 7 heteroatoms. The predicted molar refractivity (Wildman–Crippen MR) is 100 cm³/mol. The van der Waals surface area contributed by atoms with Gasteiger partial charge in [0.2, 0.25) is 0 Å². The van der Waals surface area contributed by atoms with Crippen molar-refractivity contribution in [1.29, 1.82) is 0 Å². The topological polar surface area (TPSA) is 83.8 Å². The van der Waals surface area contributed by atoms with Crippen LogP contribution in [0, 0.1) is 10.1 Å². The van der Waals surface area contributed by atoms with Crippen molar-refractivity contribution < 1.29 is 14.5 Å². The smallest absolute Gasteiger partial charge is 0.282 e. The Morgan fingerprint density at radius 1 is 1.07 bits per heavy atom. The number of rotatable bonds is 6. The van der Waals surface area contributed by atoms with E-state index in [1.54, 1.807) is 7.05 Å². The average molecular weight is 367 g/mol. The van der Waals surface area contributed by atoms with E-state index in [-0.39, 0.29) is 23.5 Å². The zero-order valence-corrected chi connectivity index (χ0v) is 15.5. The van der Waals surface area contributed by atoms with Crippen LogP contribution in [0.15, 0.2) is 42.5 Å². The van der Waals surface area contributed by atoms with Crippen LogP contribution in [0.4, 0.5) is 5.69 Å². The Labute approximate surface area is 157 Å². The fourth-order valence-electron chi connectivity index (χ4n) is 3.21. The van der Waals surface area contributed by atoms with Crippen molar-refractivity contribution in [2.24, 2.45) is 0 Å². The maximum absolute atomic E-state index is 12.6. The monoisotopic (exact) mass is 367 g/mol. The van der Waals surface area contributed by atoms with Gasteiger partial charge in [-0.15, -0.1) is 0 Å². The van der Waals surface area contributed by atoms with Crippen molar-refractivity contribution in [3.63, 3.8) is 0 Å². The van der Waals surface area contributed by atoms with Crippen LogP contribution in [-0.4, -0.2) is 40.3 Å². The minimum Gasteiger partial charge on any atom is -0.284 e. The number of nitro groups is 1. The summed E-state index contributed by atoms with van der Waals surface area (Å²) in [5.74, 6) is -0.670. The van der Waals surface area contributed by atoms with Crippen LogP contribution in [0.3, 0.4) is 0 Å². The van der Waals surface area contributed by atoms with Crippen molar-refractivity contribution in [2.45, 2.75) is 26.3 Å². The minimum atomic E-state index is -0.631. The molecule has 3 rings (SSSR count). The molecular formula is C20H21N3O4. The molecule has 0 unspecified atom stereocenters. The second-order valence-corrected chi connectivity index (χ2v) is 7.05. The molecule has 0 spiro atoms. The summed E-state index contributed by atoms with van der Waals surface area (Å²) in [4.78, 5) is 38.6. The Balaban J connectivity index is 1.74. The molecule has 2 aromatic rings. The second kappa shape index (κ2) is 7.28. The molecule has 0 saturated carbocycles. The van der Waals surface area contributed by atoms with Gasteiger partial charge in [-0.25, -0.2) is 0 Å². The van der Waals surface area contributed by atoms with Crippen LogP contribution < -0.4 is 0 Å². The second-order valence-electron chi connectivity index (χ2n) is 7.05. The maximum Gasteiger partial charge on any atom is 0.282 e. The fraction of sp³-hybridized carbons (Fsp3) is 0.300. The van der Waals surface area contributed by atoms with E-state index in [2.05, 4.69) is 26.0 Å². The number of fused-ring (bicyclic) bond motifs is 1. The standard InChI is InChI=1S/C20H21N3O4/c1-13(2)15-9-7-14(8-10-15)11-21(3)12-22-19(24)16-5-4-6-17(23(26)27)18(16)20(22)25/h4-10,13H,11-12H2,1-3H3. The number of amides is 2. The molecule has 27 heavy (non-hydrogen) atoms. The molecule has 7 nitrogen and oxygen atoms in total. The van der Waals surface area contributed by atoms with E-state index in [1.807, 2.05) is 17.0 Å². The van der Waals surface area contributed by atoms with Crippen LogP contribution in [-0.2, 0) is 6.54 Å². The van der Waals surface area contributed by atoms with Gasteiger partial charge in [0.15, 0.2) is 0 Å². The molecule has 0 saturated heterocycles. The summed E-state index contributed by atoms with van der Waals surface area (Å²) in [5, 5.41) is 11.2. The highest BCUT2D eigenvalue weighted by Crippen LogP contribution is 2.30. The SMILES string of the molecule is CC(C)c1ccc(CN(C)CN2C(=O)c3cccc([N+](=O)[O-])c3C2=O)cc1. The molecule has 1 aliphatic rings. The summed E-state index contributed by atoms with van der Waals surface area (Å²) in [6, 6.07) is 12.3. The first kappa shape index (κ1) is 18.7. The van der Waals surface area contributed by atoms with Gasteiger partial charge in [-0.2, -0.15) is 0 Å². The molecular weight excluding hydrogens is 346 g/mol. The Hall–Kier alpha value is -3.06. The van der Waals surface area contributed by atoms with Crippen LogP contribution in [0.1, 0.15) is 51.6 Å². The first-order valence-corrected chi connectivity index (χ1v) is 8.70. The van der Waals surface area contributed by atoms with Crippen molar-refractivity contribution in [3.8, 4) is 0 Å². The lowest BCUT2D eigenvalue weighted by Gasteiger charge is -2.23. The Morgan fingerprint density at radius 2 is 1.74 bits per heavy atom. The first-order valence-electron chi connectivity index (χ1n) is 8.70. The zero-order chi connectivity index (χ0) is 19.7. The number of hydrogen-bond donors (Lipinski definition) is 0. The molecule has 0 aromatic heterocycles. The molecule has 2 aromatic carbocycles. The van der Waals surface area contributed by atoms with E-state index in [4.69, 9.17) is 0 Å². The average Bonchev–Trinajstić information content (AvgIpc) is 2.87. The van der Waals surface area contributed by atoms with Crippen LogP contribution >= 0.6 is 0 Å². The normalized spacial score (nSPS) is 13.6. The summed E-state index contributed by atoms with van der Waals surface area (Å²) < 4.78 is 0. The molecule has 0 aliphatic carbocycles. The molecule has 2 amide bonds. The zero-order valence-electron chi connectivity index (χ0n) is 15.5. The van der Waals surface area contributed by atoms with E-state index < -0.39 is 16.7 Å². The summed E-state index contributed by atoms with van der Waals surface area (Å²) in [5.41, 5.74) is 1.94. The van der Waals surface area contributed by atoms with Gasteiger partial charge in [0.1, 0.15) is 5.56 Å². The third-order valence-corrected chi connectivity index (χ3v) is 4.66. The Kier molecular flexibility index (Phi) is 5.05. The first-order chi connectivity index (χ1) is 12.8. The number of benzene rings is 2. The lowest BCUT2D eigenvalue weighted by atomic mass is 10.0. The Bertz CT molecular complexity index is 906. The highest BCUT2D eigenvalue weighted by Gasteiger charge is 2.41. The molecule has 140 valence electrons. The van der Waals surface area contributed by atoms with E-state index in [1.165, 1.54) is 23.8 Å². The summed E-state index contributed by atoms with van der Waals surface area (Å²) in [7, 11) is 1.80.